The monoisotopic (exact) mass is 476 g/mol. The molecule has 0 amide bonds. The van der Waals surface area contributed by atoms with Gasteiger partial charge in [-0.25, -0.2) is 13.1 Å². The van der Waals surface area contributed by atoms with Crippen molar-refractivity contribution in [2.75, 3.05) is 13.7 Å². The SMILES string of the molecule is COC(=O)CCCC=C[C@@H]1C[C@@H](NS(=O)(=O)c2ccc(Cl)cc2)CN1Cc1ccccc1. The lowest BCUT2D eigenvalue weighted by atomic mass is 10.1. The van der Waals surface area contributed by atoms with Crippen LogP contribution >= 0.6 is 11.6 Å². The van der Waals surface area contributed by atoms with Gasteiger partial charge in [0, 0.05) is 36.6 Å². The normalized spacial score (nSPS) is 19.4. The smallest absolute Gasteiger partial charge is 0.305 e. The number of nitrogens with zero attached hydrogens (tertiary/aromatic N) is 1. The van der Waals surface area contributed by atoms with Crippen molar-refractivity contribution in [2.45, 2.75) is 49.2 Å². The molecule has 0 unspecified atom stereocenters. The predicted octanol–water partition coefficient (Wildman–Crippen LogP) is 4.16. The van der Waals surface area contributed by atoms with Gasteiger partial charge < -0.3 is 4.74 Å². The number of esters is 1. The van der Waals surface area contributed by atoms with E-state index in [1.54, 1.807) is 12.1 Å². The first-order chi connectivity index (χ1) is 15.4. The summed E-state index contributed by atoms with van der Waals surface area (Å²) in [5.74, 6) is -0.207. The van der Waals surface area contributed by atoms with E-state index in [9.17, 15) is 13.2 Å². The van der Waals surface area contributed by atoms with Crippen molar-refractivity contribution < 1.29 is 17.9 Å². The highest BCUT2D eigenvalue weighted by molar-refractivity contribution is 7.89. The van der Waals surface area contributed by atoms with Crippen LogP contribution in [0.25, 0.3) is 0 Å². The maximum absolute atomic E-state index is 12.8. The highest BCUT2D eigenvalue weighted by atomic mass is 35.5. The van der Waals surface area contributed by atoms with Crippen LogP contribution in [0.5, 0.6) is 0 Å². The minimum atomic E-state index is -3.63. The minimum absolute atomic E-state index is 0.103. The van der Waals surface area contributed by atoms with E-state index in [4.69, 9.17) is 11.6 Å². The van der Waals surface area contributed by atoms with Crippen molar-refractivity contribution in [1.82, 2.24) is 9.62 Å². The third-order valence-electron chi connectivity index (χ3n) is 5.46. The molecule has 1 heterocycles. The highest BCUT2D eigenvalue weighted by Gasteiger charge is 2.33. The van der Waals surface area contributed by atoms with E-state index in [0.29, 0.717) is 24.4 Å². The molecule has 2 atom stereocenters. The molecule has 0 saturated carbocycles. The second kappa shape index (κ2) is 11.6. The van der Waals surface area contributed by atoms with Gasteiger partial charge in [0.25, 0.3) is 0 Å². The Morgan fingerprint density at radius 1 is 1.19 bits per heavy atom. The summed E-state index contributed by atoms with van der Waals surface area (Å²) in [6, 6.07) is 16.2. The molecule has 0 aliphatic carbocycles. The fourth-order valence-corrected chi connectivity index (χ4v) is 5.21. The summed E-state index contributed by atoms with van der Waals surface area (Å²) in [6.45, 7) is 1.34. The molecule has 1 N–H and O–H groups in total. The topological polar surface area (TPSA) is 75.7 Å². The molecular weight excluding hydrogens is 448 g/mol. The molecule has 2 aromatic rings. The number of ether oxygens (including phenoxy) is 1. The van der Waals surface area contributed by atoms with Crippen LogP contribution in [0.1, 0.15) is 31.2 Å². The second-order valence-corrected chi connectivity index (χ2v) is 10.0. The van der Waals surface area contributed by atoms with Crippen LogP contribution in [-0.2, 0) is 26.1 Å². The molecule has 0 aromatic heterocycles. The van der Waals surface area contributed by atoms with Gasteiger partial charge in [-0.3, -0.25) is 9.69 Å². The van der Waals surface area contributed by atoms with Crippen LogP contribution in [0.15, 0.2) is 71.6 Å². The first-order valence-corrected chi connectivity index (χ1v) is 12.5. The van der Waals surface area contributed by atoms with E-state index in [0.717, 1.165) is 19.4 Å². The summed E-state index contributed by atoms with van der Waals surface area (Å²) in [4.78, 5) is 13.8. The van der Waals surface area contributed by atoms with Gasteiger partial charge in [-0.05, 0) is 49.1 Å². The van der Waals surface area contributed by atoms with Crippen molar-refractivity contribution in [3.05, 3.63) is 77.3 Å². The molecular formula is C24H29ClN2O4S. The summed E-state index contributed by atoms with van der Waals surface area (Å²) < 4.78 is 33.2. The fourth-order valence-electron chi connectivity index (χ4n) is 3.84. The molecule has 0 radical (unpaired) electrons. The Balaban J connectivity index is 1.66. The summed E-state index contributed by atoms with van der Waals surface area (Å²) in [6.07, 6.45) is 6.75. The van der Waals surface area contributed by atoms with Gasteiger partial charge in [-0.2, -0.15) is 0 Å². The number of unbranched alkanes of at least 4 members (excludes halogenated alkanes) is 1. The van der Waals surface area contributed by atoms with Crippen LogP contribution in [0.4, 0.5) is 0 Å². The molecule has 3 rings (SSSR count). The van der Waals surface area contributed by atoms with Gasteiger partial charge in [0.15, 0.2) is 0 Å². The minimum Gasteiger partial charge on any atom is -0.469 e. The van der Waals surface area contributed by atoms with Crippen LogP contribution in [0.2, 0.25) is 5.02 Å². The zero-order chi connectivity index (χ0) is 23.0. The molecule has 172 valence electrons. The molecule has 1 saturated heterocycles. The average molecular weight is 477 g/mol. The van der Waals surface area contributed by atoms with E-state index in [2.05, 4.69) is 38.6 Å². The van der Waals surface area contributed by atoms with Crippen LogP contribution in [0.3, 0.4) is 0 Å². The molecule has 32 heavy (non-hydrogen) atoms. The second-order valence-electron chi connectivity index (χ2n) is 7.89. The molecule has 6 nitrogen and oxygen atoms in total. The number of carbonyl (C=O) groups is 1. The number of likely N-dealkylation sites (tertiary alicyclic amines) is 1. The third kappa shape index (κ3) is 7.17. The maximum atomic E-state index is 12.8. The Kier molecular flexibility index (Phi) is 8.87. The van der Waals surface area contributed by atoms with E-state index < -0.39 is 10.0 Å². The first-order valence-electron chi connectivity index (χ1n) is 10.7. The lowest BCUT2D eigenvalue weighted by molar-refractivity contribution is -0.140. The zero-order valence-electron chi connectivity index (χ0n) is 18.1. The number of benzene rings is 2. The quantitative estimate of drug-likeness (QED) is 0.316. The van der Waals surface area contributed by atoms with Crippen LogP contribution < -0.4 is 4.72 Å². The summed E-state index contributed by atoms with van der Waals surface area (Å²) in [5.41, 5.74) is 1.18. The standard InChI is InChI=1S/C24H29ClN2O4S/c1-31-24(28)11-7-3-6-10-22-16-21(18-27(22)17-19-8-4-2-5-9-19)26-32(29,30)23-14-12-20(25)13-15-23/h2,4-6,8-10,12-15,21-22,26H,3,7,11,16-18H2,1H3/t21-,22-/m1/s1. The molecule has 1 fully saturated rings. The Hall–Kier alpha value is -2.19. The highest BCUT2D eigenvalue weighted by Crippen LogP contribution is 2.24. The Morgan fingerprint density at radius 2 is 1.91 bits per heavy atom. The van der Waals surface area contributed by atoms with Crippen molar-refractivity contribution in [3.63, 3.8) is 0 Å². The predicted molar refractivity (Wildman–Crippen MR) is 126 cm³/mol. The van der Waals surface area contributed by atoms with Crippen LogP contribution in [-0.4, -0.2) is 45.0 Å². The molecule has 1 aliphatic rings. The molecule has 0 spiro atoms. The Labute approximate surface area is 195 Å². The largest absolute Gasteiger partial charge is 0.469 e. The molecule has 2 aromatic carbocycles. The average Bonchev–Trinajstić information content (AvgIpc) is 3.14. The van der Waals surface area contributed by atoms with Gasteiger partial charge >= 0.3 is 5.97 Å². The van der Waals surface area contributed by atoms with E-state index in [1.807, 2.05) is 18.2 Å². The number of hydrogen-bond acceptors (Lipinski definition) is 5. The zero-order valence-corrected chi connectivity index (χ0v) is 19.7. The van der Waals surface area contributed by atoms with Crippen LogP contribution in [0, 0.1) is 0 Å². The van der Waals surface area contributed by atoms with Gasteiger partial charge in [0.1, 0.15) is 0 Å². The number of nitrogens with one attached hydrogen (secondary N) is 1. The number of sulfonamides is 1. The lowest BCUT2D eigenvalue weighted by Gasteiger charge is -2.22. The van der Waals surface area contributed by atoms with E-state index >= 15 is 0 Å². The number of carbonyl (C=O) groups excluding carboxylic acids is 1. The van der Waals surface area contributed by atoms with Gasteiger partial charge in [0.2, 0.25) is 10.0 Å². The number of methoxy groups -OCH3 is 1. The van der Waals surface area contributed by atoms with E-state index in [1.165, 1.54) is 24.8 Å². The fraction of sp³-hybridized carbons (Fsp3) is 0.375. The first kappa shape index (κ1) is 24.5. The van der Waals surface area contributed by atoms with Crippen molar-refractivity contribution >= 4 is 27.6 Å². The number of hydrogen-bond donors (Lipinski definition) is 1. The van der Waals surface area contributed by atoms with Crippen molar-refractivity contribution in [1.29, 1.82) is 0 Å². The molecule has 1 aliphatic heterocycles. The summed E-state index contributed by atoms with van der Waals surface area (Å²) in [5, 5.41) is 0.497. The Morgan fingerprint density at radius 3 is 2.59 bits per heavy atom. The number of halogens is 1. The Bertz CT molecular complexity index is 1010. The maximum Gasteiger partial charge on any atom is 0.305 e. The number of rotatable bonds is 10. The van der Waals surface area contributed by atoms with Gasteiger partial charge in [-0.15, -0.1) is 0 Å². The van der Waals surface area contributed by atoms with Gasteiger partial charge in [-0.1, -0.05) is 54.1 Å². The molecule has 0 bridgehead atoms. The summed E-state index contributed by atoms with van der Waals surface area (Å²) in [7, 11) is -2.24. The molecule has 8 heteroatoms. The summed E-state index contributed by atoms with van der Waals surface area (Å²) >= 11 is 5.89. The number of allylic oxidation sites excluding steroid dienone is 1. The third-order valence-corrected chi connectivity index (χ3v) is 7.25. The van der Waals surface area contributed by atoms with Crippen molar-refractivity contribution in [3.8, 4) is 0 Å². The van der Waals surface area contributed by atoms with Gasteiger partial charge in [0.05, 0.1) is 12.0 Å². The van der Waals surface area contributed by atoms with E-state index in [-0.39, 0.29) is 22.9 Å². The van der Waals surface area contributed by atoms with Crippen molar-refractivity contribution in [2.24, 2.45) is 0 Å². The lowest BCUT2D eigenvalue weighted by Crippen LogP contribution is -2.37.